The molecule has 1 aliphatic rings. The number of nitrogens with zero attached hydrogens (tertiary/aromatic N) is 3. The Morgan fingerprint density at radius 2 is 1.94 bits per heavy atom. The molecule has 0 fully saturated rings. The highest BCUT2D eigenvalue weighted by Crippen LogP contribution is 2.38. The molecule has 1 amide bonds. The molecule has 1 aromatic heterocycles. The second-order valence-corrected chi connectivity index (χ2v) is 9.14. The highest BCUT2D eigenvalue weighted by Gasteiger charge is 2.26. The standard InChI is InChI=1S/C24H27F2N5O4/c1-13-28-23(14-6-15(25)8-16(26)7-14)30-31(13)5-4-24(2,3)27-11-20(33)18-9-17(32)10-19-22(18)35-12-21(34)29-19/h6-10,20,27,32-33H,4-5,11-12H2,1-3H3,(H,29,34). The fourth-order valence-electron chi connectivity index (χ4n) is 3.85. The van der Waals surface area contributed by atoms with Crippen LogP contribution in [0.25, 0.3) is 11.4 Å². The van der Waals surface area contributed by atoms with Gasteiger partial charge in [0.1, 0.15) is 29.0 Å². The number of rotatable bonds is 8. The fraction of sp³-hybridized carbons (Fsp3) is 0.375. The van der Waals surface area contributed by atoms with Gasteiger partial charge < -0.3 is 25.6 Å². The van der Waals surface area contributed by atoms with Crippen LogP contribution in [0.1, 0.15) is 37.8 Å². The largest absolute Gasteiger partial charge is 0.508 e. The molecular weight excluding hydrogens is 460 g/mol. The molecule has 0 saturated heterocycles. The maximum atomic E-state index is 13.6. The van der Waals surface area contributed by atoms with Crippen molar-refractivity contribution in [3.63, 3.8) is 0 Å². The number of amides is 1. The summed E-state index contributed by atoms with van der Waals surface area (Å²) < 4.78 is 34.3. The summed E-state index contributed by atoms with van der Waals surface area (Å²) in [4.78, 5) is 15.9. The monoisotopic (exact) mass is 487 g/mol. The quantitative estimate of drug-likeness (QED) is 0.385. The van der Waals surface area contributed by atoms with Gasteiger partial charge in [0, 0.05) is 41.9 Å². The number of aromatic hydroxyl groups is 1. The molecule has 0 radical (unpaired) electrons. The number of anilines is 1. The fourth-order valence-corrected chi connectivity index (χ4v) is 3.85. The van der Waals surface area contributed by atoms with Crippen LogP contribution in [0, 0.1) is 18.6 Å². The van der Waals surface area contributed by atoms with Crippen LogP contribution in [-0.2, 0) is 11.3 Å². The zero-order chi connectivity index (χ0) is 25.3. The number of nitrogens with one attached hydrogen (secondary N) is 2. The molecule has 0 bridgehead atoms. The zero-order valence-corrected chi connectivity index (χ0v) is 19.6. The van der Waals surface area contributed by atoms with E-state index in [1.54, 1.807) is 11.6 Å². The third-order valence-corrected chi connectivity index (χ3v) is 5.78. The lowest BCUT2D eigenvalue weighted by Crippen LogP contribution is -2.42. The molecule has 1 aliphatic heterocycles. The van der Waals surface area contributed by atoms with Crippen LogP contribution in [-0.4, -0.2) is 49.6 Å². The molecule has 2 aromatic carbocycles. The van der Waals surface area contributed by atoms with Crippen molar-refractivity contribution >= 4 is 11.6 Å². The minimum Gasteiger partial charge on any atom is -0.508 e. The van der Waals surface area contributed by atoms with Crippen molar-refractivity contribution < 1.29 is 28.5 Å². The minimum atomic E-state index is -1.01. The minimum absolute atomic E-state index is 0.0986. The molecule has 2 heterocycles. The number of β-amino-alcohol motifs (C(OH)–C–C–N with tert-alkyl or cyclic N) is 1. The molecule has 3 aromatic rings. The molecule has 11 heteroatoms. The van der Waals surface area contributed by atoms with Gasteiger partial charge in [0.15, 0.2) is 12.4 Å². The number of benzene rings is 2. The van der Waals surface area contributed by atoms with Crippen LogP contribution in [0.2, 0.25) is 0 Å². The topological polar surface area (TPSA) is 122 Å². The number of carbonyl (C=O) groups excluding carboxylic acids is 1. The number of aliphatic hydroxyl groups excluding tert-OH is 1. The second-order valence-electron chi connectivity index (χ2n) is 9.14. The number of ether oxygens (including phenoxy) is 1. The average molecular weight is 488 g/mol. The van der Waals surface area contributed by atoms with E-state index >= 15 is 0 Å². The summed E-state index contributed by atoms with van der Waals surface area (Å²) >= 11 is 0. The number of aromatic nitrogens is 3. The highest BCUT2D eigenvalue weighted by molar-refractivity contribution is 5.96. The SMILES string of the molecule is Cc1nc(-c2cc(F)cc(F)c2)nn1CCC(C)(C)NCC(O)c1cc(O)cc2c1OCC(=O)N2. The first-order valence-electron chi connectivity index (χ1n) is 11.1. The lowest BCUT2D eigenvalue weighted by atomic mass is 9.99. The third kappa shape index (κ3) is 5.75. The van der Waals surface area contributed by atoms with E-state index in [1.807, 2.05) is 13.8 Å². The number of aliphatic hydroxyl groups is 1. The van der Waals surface area contributed by atoms with Gasteiger partial charge in [-0.05, 0) is 45.4 Å². The number of hydrogen-bond acceptors (Lipinski definition) is 7. The lowest BCUT2D eigenvalue weighted by Gasteiger charge is -2.29. The van der Waals surface area contributed by atoms with Gasteiger partial charge in [-0.1, -0.05) is 0 Å². The summed E-state index contributed by atoms with van der Waals surface area (Å²) in [6, 6.07) is 5.94. The van der Waals surface area contributed by atoms with Crippen molar-refractivity contribution in [2.45, 2.75) is 45.4 Å². The Kier molecular flexibility index (Phi) is 6.73. The Labute approximate surface area is 200 Å². The van der Waals surface area contributed by atoms with Crippen LogP contribution in [0.3, 0.4) is 0 Å². The van der Waals surface area contributed by atoms with Gasteiger partial charge in [-0.25, -0.2) is 18.4 Å². The van der Waals surface area contributed by atoms with Crippen molar-refractivity contribution in [1.82, 2.24) is 20.1 Å². The third-order valence-electron chi connectivity index (χ3n) is 5.78. The maximum Gasteiger partial charge on any atom is 0.262 e. The number of fused-ring (bicyclic) bond motifs is 1. The van der Waals surface area contributed by atoms with Gasteiger partial charge in [-0.15, -0.1) is 0 Å². The van der Waals surface area contributed by atoms with Crippen molar-refractivity contribution in [2.75, 3.05) is 18.5 Å². The number of halogens is 2. The Bertz CT molecular complexity index is 1240. The highest BCUT2D eigenvalue weighted by atomic mass is 19.1. The number of phenolic OH excluding ortho intramolecular Hbond substituents is 1. The van der Waals surface area contributed by atoms with Gasteiger partial charge in [0.05, 0.1) is 11.8 Å². The van der Waals surface area contributed by atoms with Gasteiger partial charge in [-0.2, -0.15) is 5.10 Å². The predicted molar refractivity (Wildman–Crippen MR) is 124 cm³/mol. The van der Waals surface area contributed by atoms with E-state index in [1.165, 1.54) is 24.3 Å². The van der Waals surface area contributed by atoms with E-state index < -0.39 is 23.3 Å². The normalized spacial score (nSPS) is 14.3. The van der Waals surface area contributed by atoms with Crippen LogP contribution in [0.4, 0.5) is 14.5 Å². The molecule has 0 spiro atoms. The first-order valence-corrected chi connectivity index (χ1v) is 11.1. The molecule has 4 rings (SSSR count). The number of carbonyl (C=O) groups is 1. The van der Waals surface area contributed by atoms with Gasteiger partial charge in [0.2, 0.25) is 0 Å². The van der Waals surface area contributed by atoms with Crippen molar-refractivity contribution in [1.29, 1.82) is 0 Å². The lowest BCUT2D eigenvalue weighted by molar-refractivity contribution is -0.118. The van der Waals surface area contributed by atoms with E-state index in [0.717, 1.165) is 6.07 Å². The predicted octanol–water partition coefficient (Wildman–Crippen LogP) is 3.06. The summed E-state index contributed by atoms with van der Waals surface area (Å²) in [6.07, 6.45) is -0.404. The van der Waals surface area contributed by atoms with Crippen molar-refractivity contribution in [2.24, 2.45) is 0 Å². The van der Waals surface area contributed by atoms with Crippen LogP contribution in [0.5, 0.6) is 11.5 Å². The molecule has 186 valence electrons. The first-order chi connectivity index (χ1) is 16.5. The molecule has 4 N–H and O–H groups in total. The van der Waals surface area contributed by atoms with Crippen LogP contribution in [0.15, 0.2) is 30.3 Å². The Balaban J connectivity index is 1.40. The molecule has 1 atom stereocenters. The van der Waals surface area contributed by atoms with Crippen LogP contribution >= 0.6 is 0 Å². The Morgan fingerprint density at radius 3 is 2.66 bits per heavy atom. The van der Waals surface area contributed by atoms with E-state index in [2.05, 4.69) is 20.7 Å². The summed E-state index contributed by atoms with van der Waals surface area (Å²) in [6.45, 7) is 6.15. The average Bonchev–Trinajstić information content (AvgIpc) is 3.15. The summed E-state index contributed by atoms with van der Waals surface area (Å²) in [5.41, 5.74) is 0.501. The summed E-state index contributed by atoms with van der Waals surface area (Å²) in [5, 5.41) is 31.1. The van der Waals surface area contributed by atoms with Gasteiger partial charge in [-0.3, -0.25) is 4.79 Å². The molecule has 9 nitrogen and oxygen atoms in total. The molecule has 0 saturated carbocycles. The van der Waals surface area contributed by atoms with Gasteiger partial charge in [0.25, 0.3) is 5.91 Å². The summed E-state index contributed by atoms with van der Waals surface area (Å²) in [7, 11) is 0. The first kappa shape index (κ1) is 24.6. The van der Waals surface area contributed by atoms with E-state index in [0.29, 0.717) is 35.8 Å². The van der Waals surface area contributed by atoms with E-state index in [-0.39, 0.29) is 36.2 Å². The van der Waals surface area contributed by atoms with Crippen molar-refractivity contribution in [3.05, 3.63) is 53.4 Å². The molecule has 35 heavy (non-hydrogen) atoms. The number of aryl methyl sites for hydroxylation is 2. The molecule has 0 aliphatic carbocycles. The summed E-state index contributed by atoms with van der Waals surface area (Å²) in [5.74, 6) is -0.657. The maximum absolute atomic E-state index is 13.6. The Morgan fingerprint density at radius 1 is 1.23 bits per heavy atom. The number of phenols is 1. The van der Waals surface area contributed by atoms with Gasteiger partial charge >= 0.3 is 0 Å². The smallest absolute Gasteiger partial charge is 0.262 e. The zero-order valence-electron chi connectivity index (χ0n) is 19.6. The van der Waals surface area contributed by atoms with E-state index in [4.69, 9.17) is 4.74 Å². The van der Waals surface area contributed by atoms with Crippen molar-refractivity contribution in [3.8, 4) is 22.9 Å². The number of hydrogen-bond donors (Lipinski definition) is 4. The molecule has 1 unspecified atom stereocenters. The van der Waals surface area contributed by atoms with Crippen LogP contribution < -0.4 is 15.4 Å². The Hall–Kier alpha value is -3.57. The second kappa shape index (κ2) is 9.59. The van der Waals surface area contributed by atoms with E-state index in [9.17, 15) is 23.8 Å². The molecular formula is C24H27F2N5O4.